The lowest BCUT2D eigenvalue weighted by Crippen LogP contribution is -2.34. The fourth-order valence-electron chi connectivity index (χ4n) is 2.60. The molecule has 18 heavy (non-hydrogen) atoms. The van der Waals surface area contributed by atoms with Gasteiger partial charge in [-0.05, 0) is 44.2 Å². The van der Waals surface area contributed by atoms with Crippen LogP contribution in [-0.4, -0.2) is 13.1 Å². The molecule has 1 aliphatic carbocycles. The van der Waals surface area contributed by atoms with E-state index in [9.17, 15) is 4.39 Å². The fourth-order valence-corrected chi connectivity index (χ4v) is 2.60. The number of halogens is 1. The molecule has 1 aromatic rings. The third-order valence-corrected chi connectivity index (χ3v) is 3.91. The van der Waals surface area contributed by atoms with E-state index in [1.54, 1.807) is 6.07 Å². The summed E-state index contributed by atoms with van der Waals surface area (Å²) in [5, 5.41) is 0. The lowest BCUT2D eigenvalue weighted by molar-refractivity contribution is 0.317. The van der Waals surface area contributed by atoms with Crippen LogP contribution in [-0.2, 0) is 0 Å². The minimum atomic E-state index is -0.147. The SMILES string of the molecule is CCN(CC1CCC1)c1c(F)cccc1[C@H](C)N. The Morgan fingerprint density at radius 2 is 2.17 bits per heavy atom. The summed E-state index contributed by atoms with van der Waals surface area (Å²) in [5.41, 5.74) is 7.58. The summed E-state index contributed by atoms with van der Waals surface area (Å²) < 4.78 is 14.1. The molecule has 0 heterocycles. The molecule has 1 fully saturated rings. The van der Waals surface area contributed by atoms with Crippen molar-refractivity contribution < 1.29 is 4.39 Å². The van der Waals surface area contributed by atoms with Gasteiger partial charge < -0.3 is 10.6 Å². The molecule has 2 nitrogen and oxygen atoms in total. The second-order valence-corrected chi connectivity index (χ2v) is 5.30. The molecule has 1 saturated carbocycles. The van der Waals surface area contributed by atoms with E-state index in [0.717, 1.165) is 24.6 Å². The Morgan fingerprint density at radius 3 is 2.67 bits per heavy atom. The highest BCUT2D eigenvalue weighted by atomic mass is 19.1. The Kier molecular flexibility index (Phi) is 4.23. The van der Waals surface area contributed by atoms with Crippen molar-refractivity contribution in [2.75, 3.05) is 18.0 Å². The first-order chi connectivity index (χ1) is 8.63. The molecular weight excluding hydrogens is 227 g/mol. The van der Waals surface area contributed by atoms with Crippen LogP contribution in [0.2, 0.25) is 0 Å². The average Bonchev–Trinajstić information content (AvgIpc) is 2.28. The standard InChI is InChI=1S/C15H23FN2/c1-3-18(10-12-6-4-7-12)15-13(11(2)17)8-5-9-14(15)16/h5,8-9,11-12H,3-4,6-7,10,17H2,1-2H3/t11-/m0/s1. The van der Waals surface area contributed by atoms with Crippen LogP contribution in [0.3, 0.4) is 0 Å². The number of nitrogens with zero attached hydrogens (tertiary/aromatic N) is 1. The maximum absolute atomic E-state index is 14.1. The molecule has 2 N–H and O–H groups in total. The van der Waals surface area contributed by atoms with Crippen LogP contribution in [0.4, 0.5) is 10.1 Å². The van der Waals surface area contributed by atoms with Crippen molar-refractivity contribution in [2.24, 2.45) is 11.7 Å². The van der Waals surface area contributed by atoms with Crippen molar-refractivity contribution in [2.45, 2.75) is 39.2 Å². The van der Waals surface area contributed by atoms with E-state index in [-0.39, 0.29) is 11.9 Å². The van der Waals surface area contributed by atoms with E-state index in [0.29, 0.717) is 5.69 Å². The van der Waals surface area contributed by atoms with E-state index in [2.05, 4.69) is 11.8 Å². The van der Waals surface area contributed by atoms with Gasteiger partial charge in [0.15, 0.2) is 0 Å². The minimum absolute atomic E-state index is 0.133. The molecule has 0 amide bonds. The molecule has 1 aromatic carbocycles. The van der Waals surface area contributed by atoms with Crippen molar-refractivity contribution in [3.63, 3.8) is 0 Å². The quantitative estimate of drug-likeness (QED) is 0.867. The summed E-state index contributed by atoms with van der Waals surface area (Å²) in [5.74, 6) is 0.580. The molecule has 1 atom stereocenters. The summed E-state index contributed by atoms with van der Waals surface area (Å²) >= 11 is 0. The molecule has 2 rings (SSSR count). The van der Waals surface area contributed by atoms with Gasteiger partial charge in [0.05, 0.1) is 5.69 Å². The molecule has 0 spiro atoms. The van der Waals surface area contributed by atoms with E-state index in [1.165, 1.54) is 25.3 Å². The van der Waals surface area contributed by atoms with Gasteiger partial charge in [0.25, 0.3) is 0 Å². The second-order valence-electron chi connectivity index (χ2n) is 5.30. The second kappa shape index (κ2) is 5.70. The molecule has 3 heteroatoms. The molecule has 0 bridgehead atoms. The van der Waals surface area contributed by atoms with Crippen molar-refractivity contribution in [3.05, 3.63) is 29.6 Å². The van der Waals surface area contributed by atoms with Crippen molar-refractivity contribution >= 4 is 5.69 Å². The van der Waals surface area contributed by atoms with E-state index in [4.69, 9.17) is 5.73 Å². The van der Waals surface area contributed by atoms with Crippen molar-refractivity contribution in [1.82, 2.24) is 0 Å². The van der Waals surface area contributed by atoms with E-state index >= 15 is 0 Å². The Bertz CT molecular complexity index is 399. The molecule has 0 radical (unpaired) electrons. The predicted molar refractivity (Wildman–Crippen MR) is 74.2 cm³/mol. The van der Waals surface area contributed by atoms with Crippen LogP contribution in [0.5, 0.6) is 0 Å². The first-order valence-electron chi connectivity index (χ1n) is 6.92. The van der Waals surface area contributed by atoms with Gasteiger partial charge in [0, 0.05) is 19.1 Å². The van der Waals surface area contributed by atoms with Crippen LogP contribution in [0.15, 0.2) is 18.2 Å². The fraction of sp³-hybridized carbons (Fsp3) is 0.600. The van der Waals surface area contributed by atoms with E-state index < -0.39 is 0 Å². The van der Waals surface area contributed by atoms with Gasteiger partial charge in [-0.15, -0.1) is 0 Å². The molecule has 0 saturated heterocycles. The summed E-state index contributed by atoms with van der Waals surface area (Å²) in [7, 11) is 0. The third-order valence-electron chi connectivity index (χ3n) is 3.91. The Labute approximate surface area is 109 Å². The number of nitrogens with two attached hydrogens (primary N) is 1. The monoisotopic (exact) mass is 250 g/mol. The largest absolute Gasteiger partial charge is 0.369 e. The summed E-state index contributed by atoms with van der Waals surface area (Å²) in [6.07, 6.45) is 3.87. The van der Waals surface area contributed by atoms with Gasteiger partial charge in [-0.3, -0.25) is 0 Å². The summed E-state index contributed by atoms with van der Waals surface area (Å²) in [4.78, 5) is 2.15. The molecule has 0 unspecified atom stereocenters. The number of rotatable bonds is 5. The zero-order valence-corrected chi connectivity index (χ0v) is 11.3. The van der Waals surface area contributed by atoms with Crippen LogP contribution in [0.1, 0.15) is 44.7 Å². The highest BCUT2D eigenvalue weighted by Gasteiger charge is 2.23. The molecule has 0 aliphatic heterocycles. The van der Waals surface area contributed by atoms with Gasteiger partial charge in [0.1, 0.15) is 5.82 Å². The lowest BCUT2D eigenvalue weighted by atomic mass is 9.85. The average molecular weight is 250 g/mol. The number of hydrogen-bond donors (Lipinski definition) is 1. The highest BCUT2D eigenvalue weighted by Crippen LogP contribution is 2.33. The Balaban J connectivity index is 2.27. The number of benzene rings is 1. The topological polar surface area (TPSA) is 29.3 Å². The van der Waals surface area contributed by atoms with Gasteiger partial charge in [-0.25, -0.2) is 4.39 Å². The zero-order valence-electron chi connectivity index (χ0n) is 11.3. The van der Waals surface area contributed by atoms with E-state index in [1.807, 2.05) is 13.0 Å². The van der Waals surface area contributed by atoms with Crippen LogP contribution >= 0.6 is 0 Å². The molecule has 100 valence electrons. The Morgan fingerprint density at radius 1 is 1.44 bits per heavy atom. The number of para-hydroxylation sites is 1. The third kappa shape index (κ3) is 2.66. The van der Waals surface area contributed by atoms with Gasteiger partial charge in [-0.1, -0.05) is 18.6 Å². The van der Waals surface area contributed by atoms with Crippen LogP contribution < -0.4 is 10.6 Å². The van der Waals surface area contributed by atoms with Crippen molar-refractivity contribution in [1.29, 1.82) is 0 Å². The van der Waals surface area contributed by atoms with Gasteiger partial charge >= 0.3 is 0 Å². The maximum Gasteiger partial charge on any atom is 0.146 e. The maximum atomic E-state index is 14.1. The summed E-state index contributed by atoms with van der Waals surface area (Å²) in [6.45, 7) is 5.78. The van der Waals surface area contributed by atoms with Crippen LogP contribution in [0.25, 0.3) is 0 Å². The van der Waals surface area contributed by atoms with Crippen LogP contribution in [0, 0.1) is 11.7 Å². The van der Waals surface area contributed by atoms with Gasteiger partial charge in [0.2, 0.25) is 0 Å². The lowest BCUT2D eigenvalue weighted by Gasteiger charge is -2.34. The number of anilines is 1. The normalized spacial score (nSPS) is 17.3. The van der Waals surface area contributed by atoms with Gasteiger partial charge in [-0.2, -0.15) is 0 Å². The van der Waals surface area contributed by atoms with Crippen molar-refractivity contribution in [3.8, 4) is 0 Å². The zero-order chi connectivity index (χ0) is 13.1. The first-order valence-corrected chi connectivity index (χ1v) is 6.92. The molecule has 1 aliphatic rings. The predicted octanol–water partition coefficient (Wildman–Crippen LogP) is 3.47. The molecular formula is C15H23FN2. The minimum Gasteiger partial charge on any atom is -0.369 e. The smallest absolute Gasteiger partial charge is 0.146 e. The number of hydrogen-bond acceptors (Lipinski definition) is 2. The summed E-state index contributed by atoms with van der Waals surface area (Å²) in [6, 6.07) is 5.08. The first kappa shape index (κ1) is 13.3. The molecule has 0 aromatic heterocycles. The Hall–Kier alpha value is -1.09. The highest BCUT2D eigenvalue weighted by molar-refractivity contribution is 5.56.